The molecule has 2 aromatic rings. The summed E-state index contributed by atoms with van der Waals surface area (Å²) in [5.41, 5.74) is 6.70. The Kier molecular flexibility index (Phi) is 4.81. The average molecular weight is 328 g/mol. The summed E-state index contributed by atoms with van der Waals surface area (Å²) in [6.07, 6.45) is 0.703. The largest absolute Gasteiger partial charge is 0.390 e. The van der Waals surface area contributed by atoms with Crippen LogP contribution in [0.15, 0.2) is 30.3 Å². The third-order valence-electron chi connectivity index (χ3n) is 2.74. The van der Waals surface area contributed by atoms with Crippen LogP contribution in [0.5, 0.6) is 0 Å². The lowest BCUT2D eigenvalue weighted by molar-refractivity contribution is -0.111. The van der Waals surface area contributed by atoms with Gasteiger partial charge in [0.15, 0.2) is 5.78 Å². The van der Waals surface area contributed by atoms with E-state index in [0.29, 0.717) is 27.6 Å². The van der Waals surface area contributed by atoms with Gasteiger partial charge in [0.05, 0.1) is 15.6 Å². The average Bonchev–Trinajstić information content (AvgIpc) is 2.77. The van der Waals surface area contributed by atoms with Crippen LogP contribution >= 0.6 is 34.5 Å². The molecule has 6 heteroatoms. The highest BCUT2D eigenvalue weighted by Gasteiger charge is 2.18. The molecule has 1 aromatic heterocycles. The first-order chi connectivity index (χ1) is 9.49. The van der Waals surface area contributed by atoms with Crippen molar-refractivity contribution in [2.24, 2.45) is 0 Å². The summed E-state index contributed by atoms with van der Waals surface area (Å²) >= 11 is 12.6. The van der Waals surface area contributed by atoms with Crippen molar-refractivity contribution >= 4 is 50.6 Å². The number of ketones is 1. The SMILES string of the molecule is Nc1sc(CCC(=O)Cl)cc1C(=O)c1ccccc1Cl. The van der Waals surface area contributed by atoms with Crippen molar-refractivity contribution in [1.82, 2.24) is 0 Å². The maximum atomic E-state index is 12.4. The first kappa shape index (κ1) is 15.0. The fourth-order valence-corrected chi connectivity index (χ4v) is 3.01. The van der Waals surface area contributed by atoms with Crippen molar-refractivity contribution < 1.29 is 9.59 Å². The minimum atomic E-state index is -0.407. The van der Waals surface area contributed by atoms with Crippen molar-refractivity contribution in [3.05, 3.63) is 51.4 Å². The fraction of sp³-hybridized carbons (Fsp3) is 0.143. The molecule has 0 radical (unpaired) electrons. The van der Waals surface area contributed by atoms with Crippen molar-refractivity contribution in [3.63, 3.8) is 0 Å². The molecule has 0 bridgehead atoms. The molecule has 0 aliphatic carbocycles. The second-order valence-corrected chi connectivity index (χ2v) is 6.15. The number of rotatable bonds is 5. The van der Waals surface area contributed by atoms with Gasteiger partial charge in [0, 0.05) is 16.9 Å². The van der Waals surface area contributed by atoms with E-state index in [1.165, 1.54) is 11.3 Å². The fourth-order valence-electron chi connectivity index (χ4n) is 1.77. The number of carbonyl (C=O) groups is 2. The van der Waals surface area contributed by atoms with Gasteiger partial charge in [-0.2, -0.15) is 0 Å². The van der Waals surface area contributed by atoms with E-state index < -0.39 is 5.24 Å². The molecule has 1 heterocycles. The first-order valence-corrected chi connectivity index (χ1v) is 7.42. The second-order valence-electron chi connectivity index (χ2n) is 4.15. The number of hydrogen-bond acceptors (Lipinski definition) is 4. The second kappa shape index (κ2) is 6.39. The van der Waals surface area contributed by atoms with Gasteiger partial charge in [-0.05, 0) is 36.2 Å². The highest BCUT2D eigenvalue weighted by atomic mass is 35.5. The van der Waals surface area contributed by atoms with Crippen LogP contribution in [0.2, 0.25) is 5.02 Å². The van der Waals surface area contributed by atoms with E-state index in [4.69, 9.17) is 28.9 Å². The lowest BCUT2D eigenvalue weighted by Gasteiger charge is -2.02. The molecule has 0 saturated carbocycles. The van der Waals surface area contributed by atoms with Crippen molar-refractivity contribution in [1.29, 1.82) is 0 Å². The van der Waals surface area contributed by atoms with Gasteiger partial charge in [0.25, 0.3) is 0 Å². The maximum Gasteiger partial charge on any atom is 0.221 e. The normalized spacial score (nSPS) is 10.5. The van der Waals surface area contributed by atoms with Gasteiger partial charge in [-0.25, -0.2) is 0 Å². The lowest BCUT2D eigenvalue weighted by atomic mass is 10.0. The molecule has 0 unspecified atom stereocenters. The third-order valence-corrected chi connectivity index (χ3v) is 4.29. The van der Waals surface area contributed by atoms with Crippen molar-refractivity contribution in [2.75, 3.05) is 5.73 Å². The smallest absolute Gasteiger partial charge is 0.221 e. The molecule has 0 fully saturated rings. The molecular weight excluding hydrogens is 317 g/mol. The van der Waals surface area contributed by atoms with Crippen LogP contribution in [0.25, 0.3) is 0 Å². The van der Waals surface area contributed by atoms with Crippen LogP contribution in [0.3, 0.4) is 0 Å². The predicted molar refractivity (Wildman–Crippen MR) is 82.8 cm³/mol. The van der Waals surface area contributed by atoms with Crippen LogP contribution in [0, 0.1) is 0 Å². The summed E-state index contributed by atoms with van der Waals surface area (Å²) < 4.78 is 0. The Morgan fingerprint density at radius 3 is 2.55 bits per heavy atom. The summed E-state index contributed by atoms with van der Waals surface area (Å²) in [6, 6.07) is 8.52. The van der Waals surface area contributed by atoms with Crippen LogP contribution in [-0.2, 0) is 11.2 Å². The van der Waals surface area contributed by atoms with Crippen LogP contribution in [0.1, 0.15) is 27.2 Å². The highest BCUT2D eigenvalue weighted by molar-refractivity contribution is 7.16. The standard InChI is InChI=1S/C14H11Cl2NO2S/c15-11-4-2-1-3-9(11)13(19)10-7-8(20-14(10)17)5-6-12(16)18/h1-4,7H,5-6,17H2. The van der Waals surface area contributed by atoms with E-state index in [1.54, 1.807) is 30.3 Å². The predicted octanol–water partition coefficient (Wildman–Crippen LogP) is 3.91. The number of halogens is 2. The number of nitrogen functional groups attached to an aromatic ring is 1. The number of aryl methyl sites for hydroxylation is 1. The Balaban J connectivity index is 2.27. The lowest BCUT2D eigenvalue weighted by Crippen LogP contribution is -2.03. The number of carbonyl (C=O) groups excluding carboxylic acids is 2. The maximum absolute atomic E-state index is 12.4. The van der Waals surface area contributed by atoms with Gasteiger partial charge in [-0.3, -0.25) is 9.59 Å². The number of hydrogen-bond donors (Lipinski definition) is 1. The molecule has 0 aliphatic rings. The number of anilines is 1. The van der Waals surface area contributed by atoms with Crippen LogP contribution in [0.4, 0.5) is 5.00 Å². The Bertz CT molecular complexity index is 667. The van der Waals surface area contributed by atoms with Gasteiger partial charge in [0.2, 0.25) is 5.24 Å². The quantitative estimate of drug-likeness (QED) is 0.669. The molecule has 0 amide bonds. The van der Waals surface area contributed by atoms with Gasteiger partial charge in [-0.1, -0.05) is 23.7 Å². The molecule has 2 N–H and O–H groups in total. The van der Waals surface area contributed by atoms with Crippen LogP contribution < -0.4 is 5.73 Å². The monoisotopic (exact) mass is 327 g/mol. The Labute approximate surface area is 130 Å². The Morgan fingerprint density at radius 1 is 1.20 bits per heavy atom. The number of thiophene rings is 1. The van der Waals surface area contributed by atoms with Crippen molar-refractivity contribution in [2.45, 2.75) is 12.8 Å². The zero-order valence-electron chi connectivity index (χ0n) is 10.4. The zero-order chi connectivity index (χ0) is 14.7. The third kappa shape index (κ3) is 3.39. The van der Waals surface area contributed by atoms with Crippen molar-refractivity contribution in [3.8, 4) is 0 Å². The molecule has 3 nitrogen and oxygen atoms in total. The van der Waals surface area contributed by atoms with Gasteiger partial charge >= 0.3 is 0 Å². The van der Waals surface area contributed by atoms with E-state index >= 15 is 0 Å². The van der Waals surface area contributed by atoms with E-state index in [1.807, 2.05) is 0 Å². The summed E-state index contributed by atoms with van der Waals surface area (Å²) in [5.74, 6) is -0.215. The molecule has 104 valence electrons. The highest BCUT2D eigenvalue weighted by Crippen LogP contribution is 2.30. The van der Waals surface area contributed by atoms with E-state index in [-0.39, 0.29) is 12.2 Å². The van der Waals surface area contributed by atoms with Gasteiger partial charge < -0.3 is 5.73 Å². The van der Waals surface area contributed by atoms with E-state index in [2.05, 4.69) is 0 Å². The minimum absolute atomic E-state index is 0.215. The van der Waals surface area contributed by atoms with E-state index in [0.717, 1.165) is 4.88 Å². The summed E-state index contributed by atoms with van der Waals surface area (Å²) in [6.45, 7) is 0. The molecular formula is C14H11Cl2NO2S. The molecule has 0 spiro atoms. The van der Waals surface area contributed by atoms with Crippen LogP contribution in [-0.4, -0.2) is 11.0 Å². The molecule has 2 rings (SSSR count). The summed E-state index contributed by atoms with van der Waals surface area (Å²) in [7, 11) is 0. The molecule has 0 saturated heterocycles. The molecule has 0 aliphatic heterocycles. The van der Waals surface area contributed by atoms with Gasteiger partial charge in [-0.15, -0.1) is 11.3 Å². The molecule has 0 atom stereocenters. The Morgan fingerprint density at radius 2 is 1.90 bits per heavy atom. The first-order valence-electron chi connectivity index (χ1n) is 5.84. The van der Waals surface area contributed by atoms with E-state index in [9.17, 15) is 9.59 Å². The van der Waals surface area contributed by atoms with Gasteiger partial charge in [0.1, 0.15) is 0 Å². The summed E-state index contributed by atoms with van der Waals surface area (Å²) in [5, 5.41) is 0.406. The molecule has 1 aromatic carbocycles. The minimum Gasteiger partial charge on any atom is -0.390 e. The molecule has 20 heavy (non-hydrogen) atoms. The summed E-state index contributed by atoms with van der Waals surface area (Å²) in [4.78, 5) is 24.0. The number of benzene rings is 1. The topological polar surface area (TPSA) is 60.2 Å². The zero-order valence-corrected chi connectivity index (χ0v) is 12.7. The number of nitrogens with two attached hydrogens (primary N) is 1. The Hall–Kier alpha value is -1.36.